The molecule has 1 aromatic carbocycles. The number of nitrogens with zero attached hydrogens (tertiary/aromatic N) is 4. The Bertz CT molecular complexity index is 1190. The van der Waals surface area contributed by atoms with Crippen molar-refractivity contribution in [3.05, 3.63) is 46.4 Å². The van der Waals surface area contributed by atoms with E-state index >= 15 is 0 Å². The minimum Gasteiger partial charge on any atom is -0.497 e. The molecule has 0 amide bonds. The number of methoxy groups -OCH3 is 2. The molecule has 1 aliphatic heterocycles. The summed E-state index contributed by atoms with van der Waals surface area (Å²) in [6.45, 7) is 4.17. The first-order valence-electron chi connectivity index (χ1n) is 10.6. The lowest BCUT2D eigenvalue weighted by Gasteiger charge is -2.38. The molecule has 4 rings (SSSR count). The van der Waals surface area contributed by atoms with E-state index in [-0.39, 0.29) is 17.2 Å². The summed E-state index contributed by atoms with van der Waals surface area (Å²) in [5.41, 5.74) is 8.91. The molecule has 1 aliphatic carbocycles. The molecule has 2 aliphatic rings. The van der Waals surface area contributed by atoms with Gasteiger partial charge in [0.1, 0.15) is 17.3 Å². The van der Waals surface area contributed by atoms with Crippen LogP contribution in [0.1, 0.15) is 44.6 Å². The van der Waals surface area contributed by atoms with Crippen LogP contribution >= 0.6 is 23.1 Å². The smallest absolute Gasteiger partial charge is 0.219 e. The van der Waals surface area contributed by atoms with E-state index in [1.807, 2.05) is 0 Å². The number of aromatic nitrogens is 2. The quantitative estimate of drug-likeness (QED) is 0.598. The summed E-state index contributed by atoms with van der Waals surface area (Å²) < 4.78 is 11.8. The molecule has 10 heteroatoms. The Kier molecular flexibility index (Phi) is 6.63. The zero-order chi connectivity index (χ0) is 23.7. The van der Waals surface area contributed by atoms with Gasteiger partial charge in [-0.2, -0.15) is 5.26 Å². The van der Waals surface area contributed by atoms with Crippen LogP contribution in [0.5, 0.6) is 11.5 Å². The number of anilines is 1. The van der Waals surface area contributed by atoms with Gasteiger partial charge >= 0.3 is 0 Å². The number of carbonyl (C=O) groups excluding carboxylic acids is 1. The van der Waals surface area contributed by atoms with Crippen molar-refractivity contribution in [1.82, 2.24) is 10.2 Å². The summed E-state index contributed by atoms with van der Waals surface area (Å²) in [7, 11) is 3.13. The van der Waals surface area contributed by atoms with E-state index in [2.05, 4.69) is 30.1 Å². The molecule has 2 heterocycles. The van der Waals surface area contributed by atoms with E-state index in [4.69, 9.17) is 15.2 Å². The summed E-state index contributed by atoms with van der Waals surface area (Å²) in [5, 5.41) is 19.7. The van der Waals surface area contributed by atoms with E-state index in [0.717, 1.165) is 10.0 Å². The minimum atomic E-state index is -0.642. The highest BCUT2D eigenvalue weighted by Crippen LogP contribution is 2.49. The molecule has 172 valence electrons. The number of carbonyl (C=O) groups is 1. The van der Waals surface area contributed by atoms with E-state index in [9.17, 15) is 10.1 Å². The van der Waals surface area contributed by atoms with Gasteiger partial charge in [0.05, 0.1) is 31.8 Å². The van der Waals surface area contributed by atoms with Crippen LogP contribution in [-0.2, 0) is 4.79 Å². The molecule has 0 radical (unpaired) electrons. The van der Waals surface area contributed by atoms with Crippen LogP contribution in [0.4, 0.5) is 5.13 Å². The predicted molar refractivity (Wildman–Crippen MR) is 128 cm³/mol. The zero-order valence-electron chi connectivity index (χ0n) is 18.9. The zero-order valence-corrected chi connectivity index (χ0v) is 20.5. The van der Waals surface area contributed by atoms with Gasteiger partial charge in [-0.15, -0.1) is 10.2 Å². The molecule has 0 spiro atoms. The molecule has 0 bridgehead atoms. The first-order valence-corrected chi connectivity index (χ1v) is 12.3. The normalized spacial score (nSPS) is 18.5. The van der Waals surface area contributed by atoms with Gasteiger partial charge in [-0.05, 0) is 31.0 Å². The Morgan fingerprint density at radius 1 is 1.27 bits per heavy atom. The number of benzene rings is 1. The number of ether oxygens (including phenoxy) is 2. The summed E-state index contributed by atoms with van der Waals surface area (Å²) in [4.78, 5) is 15.0. The molecular weight excluding hydrogens is 458 g/mol. The Morgan fingerprint density at radius 2 is 2.06 bits per heavy atom. The number of ketones is 1. The summed E-state index contributed by atoms with van der Waals surface area (Å²) in [5.74, 6) is 0.785. The molecular formula is C23H25N5O3S2. The summed E-state index contributed by atoms with van der Waals surface area (Å²) in [6.07, 6.45) is 1.77. The highest BCUT2D eigenvalue weighted by atomic mass is 32.2. The Labute approximate surface area is 201 Å². The van der Waals surface area contributed by atoms with Crippen molar-refractivity contribution < 1.29 is 14.3 Å². The van der Waals surface area contributed by atoms with Crippen LogP contribution in [0, 0.1) is 11.3 Å². The predicted octanol–water partition coefficient (Wildman–Crippen LogP) is 4.36. The van der Waals surface area contributed by atoms with Crippen LogP contribution in [0.15, 0.2) is 45.2 Å². The number of nitrogens with two attached hydrogens (primary N) is 1. The monoisotopic (exact) mass is 483 g/mol. The average molecular weight is 484 g/mol. The Balaban J connectivity index is 1.93. The second-order valence-electron chi connectivity index (χ2n) is 7.94. The fourth-order valence-electron chi connectivity index (χ4n) is 4.22. The maximum Gasteiger partial charge on any atom is 0.219 e. The van der Waals surface area contributed by atoms with Crippen molar-refractivity contribution in [3.8, 4) is 17.6 Å². The van der Waals surface area contributed by atoms with Crippen molar-refractivity contribution in [2.45, 2.75) is 48.6 Å². The number of hydrogen-bond acceptors (Lipinski definition) is 10. The van der Waals surface area contributed by atoms with Crippen molar-refractivity contribution in [2.24, 2.45) is 5.73 Å². The largest absolute Gasteiger partial charge is 0.497 e. The van der Waals surface area contributed by atoms with Crippen molar-refractivity contribution in [2.75, 3.05) is 19.1 Å². The lowest BCUT2D eigenvalue weighted by Crippen LogP contribution is -2.38. The van der Waals surface area contributed by atoms with Gasteiger partial charge in [-0.3, -0.25) is 9.69 Å². The Morgan fingerprint density at radius 3 is 2.73 bits per heavy atom. The molecule has 0 saturated heterocycles. The minimum absolute atomic E-state index is 0.00216. The number of thioether (sulfide) groups is 1. The van der Waals surface area contributed by atoms with E-state index in [0.29, 0.717) is 52.3 Å². The van der Waals surface area contributed by atoms with E-state index in [1.165, 1.54) is 11.3 Å². The maximum atomic E-state index is 13.3. The van der Waals surface area contributed by atoms with Gasteiger partial charge in [0.15, 0.2) is 10.1 Å². The first kappa shape index (κ1) is 23.1. The molecule has 1 atom stereocenters. The van der Waals surface area contributed by atoms with Crippen LogP contribution in [0.3, 0.4) is 0 Å². The van der Waals surface area contributed by atoms with Gasteiger partial charge < -0.3 is 15.2 Å². The fourth-order valence-corrected chi connectivity index (χ4v) is 6.33. The van der Waals surface area contributed by atoms with Crippen molar-refractivity contribution >= 4 is 34.0 Å². The molecule has 1 unspecified atom stereocenters. The van der Waals surface area contributed by atoms with Crippen LogP contribution in [-0.4, -0.2) is 35.5 Å². The molecule has 33 heavy (non-hydrogen) atoms. The molecule has 8 nitrogen and oxygen atoms in total. The standard InChI is InChI=1S/C23H25N5O3S2/c1-12(2)32-23-27-26-22(33-23)28-16-6-5-7-17(29)20(16)19(15(11-24)21(28)25)14-10-13(30-3)8-9-18(14)31-4/h8-10,12,19H,5-7,25H2,1-4H3. The first-order chi connectivity index (χ1) is 15.9. The molecule has 2 N–H and O–H groups in total. The third-order valence-electron chi connectivity index (χ3n) is 5.58. The number of Topliss-reactive ketones (excluding diaryl/α,β-unsaturated/α-hetero) is 1. The Hall–Kier alpha value is -3.03. The highest BCUT2D eigenvalue weighted by molar-refractivity contribution is 8.01. The summed E-state index contributed by atoms with van der Waals surface area (Å²) in [6, 6.07) is 7.63. The number of hydrogen-bond donors (Lipinski definition) is 1. The molecule has 1 aromatic heterocycles. The topological polar surface area (TPSA) is 114 Å². The second-order valence-corrected chi connectivity index (χ2v) is 10.7. The third-order valence-corrected chi connectivity index (χ3v) is 7.58. The van der Waals surface area contributed by atoms with Gasteiger partial charge in [0, 0.05) is 28.5 Å². The molecule has 0 saturated carbocycles. The van der Waals surface area contributed by atoms with E-state index in [1.54, 1.807) is 49.1 Å². The molecule has 2 aromatic rings. The fraction of sp³-hybridized carbons (Fsp3) is 0.391. The van der Waals surface area contributed by atoms with Gasteiger partial charge in [-0.1, -0.05) is 36.9 Å². The lowest BCUT2D eigenvalue weighted by molar-refractivity contribution is -0.116. The SMILES string of the molecule is COc1ccc(OC)c(C2C(C#N)=C(N)N(c3nnc(SC(C)C)s3)C3=C2C(=O)CCC3)c1. The lowest BCUT2D eigenvalue weighted by atomic mass is 9.75. The number of rotatable bonds is 6. The van der Waals surface area contributed by atoms with E-state index < -0.39 is 5.92 Å². The third kappa shape index (κ3) is 4.18. The van der Waals surface area contributed by atoms with Crippen molar-refractivity contribution in [3.63, 3.8) is 0 Å². The van der Waals surface area contributed by atoms with Gasteiger partial charge in [0.2, 0.25) is 5.13 Å². The molecule has 0 fully saturated rings. The van der Waals surface area contributed by atoms with Crippen molar-refractivity contribution in [1.29, 1.82) is 5.26 Å². The van der Waals surface area contributed by atoms with Crippen LogP contribution in [0.25, 0.3) is 0 Å². The van der Waals surface area contributed by atoms with Gasteiger partial charge in [-0.25, -0.2) is 0 Å². The summed E-state index contributed by atoms with van der Waals surface area (Å²) >= 11 is 3.01. The van der Waals surface area contributed by atoms with Crippen LogP contribution in [0.2, 0.25) is 0 Å². The van der Waals surface area contributed by atoms with Gasteiger partial charge in [0.25, 0.3) is 0 Å². The number of allylic oxidation sites excluding steroid dienone is 3. The number of nitriles is 1. The second kappa shape index (κ2) is 9.45. The highest BCUT2D eigenvalue weighted by Gasteiger charge is 2.42. The average Bonchev–Trinajstić information content (AvgIpc) is 3.25. The maximum absolute atomic E-state index is 13.3. The van der Waals surface area contributed by atoms with Crippen LogP contribution < -0.4 is 20.1 Å².